The highest BCUT2D eigenvalue weighted by Crippen LogP contribution is 2.24. The number of carbonyl (C=O) groups excluding carboxylic acids is 1. The number of aromatic nitrogens is 3. The summed E-state index contributed by atoms with van der Waals surface area (Å²) in [5.74, 6) is 1.20. The number of rotatable bonds is 3. The van der Waals surface area contributed by atoms with Crippen LogP contribution in [0.15, 0.2) is 30.7 Å². The van der Waals surface area contributed by atoms with Crippen LogP contribution in [0.2, 0.25) is 0 Å². The summed E-state index contributed by atoms with van der Waals surface area (Å²) in [4.78, 5) is 21.7. The van der Waals surface area contributed by atoms with Crippen molar-refractivity contribution < 1.29 is 4.79 Å². The Morgan fingerprint density at radius 2 is 2.45 bits per heavy atom. The summed E-state index contributed by atoms with van der Waals surface area (Å²) in [6.07, 6.45) is 8.75. The molecule has 1 fully saturated rings. The van der Waals surface area contributed by atoms with Gasteiger partial charge in [0, 0.05) is 38.1 Å². The first kappa shape index (κ1) is 13.0. The van der Waals surface area contributed by atoms with Gasteiger partial charge in [-0.05, 0) is 25.0 Å². The van der Waals surface area contributed by atoms with Crippen LogP contribution in [0.4, 0.5) is 0 Å². The van der Waals surface area contributed by atoms with Crippen LogP contribution in [-0.2, 0) is 6.42 Å². The number of aryl methyl sites for hydroxylation is 1. The number of nitrogens with one attached hydrogen (secondary N) is 1. The molecule has 0 spiro atoms. The maximum absolute atomic E-state index is 12.4. The minimum Gasteiger partial charge on any atom is -0.357 e. The predicted octanol–water partition coefficient (Wildman–Crippen LogP) is 2.25. The Bertz CT molecular complexity index is 572. The van der Waals surface area contributed by atoms with Gasteiger partial charge in [-0.3, -0.25) is 4.79 Å². The molecule has 0 aliphatic carbocycles. The van der Waals surface area contributed by atoms with E-state index >= 15 is 0 Å². The fourth-order valence-corrected chi connectivity index (χ4v) is 2.95. The molecule has 3 heterocycles. The number of nitrogens with zero attached hydrogens (tertiary/aromatic N) is 3. The molecule has 0 aromatic carbocycles. The lowest BCUT2D eigenvalue weighted by atomic mass is 10.0. The van der Waals surface area contributed by atoms with Gasteiger partial charge in [0.15, 0.2) is 0 Å². The third-order valence-electron chi connectivity index (χ3n) is 3.97. The number of likely N-dealkylation sites (tertiary alicyclic amines) is 1. The van der Waals surface area contributed by atoms with E-state index in [1.54, 1.807) is 6.20 Å². The van der Waals surface area contributed by atoms with E-state index in [0.29, 0.717) is 11.7 Å². The van der Waals surface area contributed by atoms with Crippen molar-refractivity contribution in [3.05, 3.63) is 42.2 Å². The van der Waals surface area contributed by atoms with Gasteiger partial charge in [-0.2, -0.15) is 0 Å². The lowest BCUT2D eigenvalue weighted by Gasteiger charge is -2.33. The molecule has 2 aromatic rings. The Labute approximate surface area is 118 Å². The fraction of sp³-hybridized carbons (Fsp3) is 0.467. The van der Waals surface area contributed by atoms with Crippen LogP contribution < -0.4 is 0 Å². The van der Waals surface area contributed by atoms with Crippen LogP contribution in [0, 0.1) is 0 Å². The molecule has 5 heteroatoms. The first-order chi connectivity index (χ1) is 9.79. The molecule has 1 saturated heterocycles. The average Bonchev–Trinajstić information content (AvgIpc) is 3.17. The third kappa shape index (κ3) is 2.35. The summed E-state index contributed by atoms with van der Waals surface area (Å²) in [6, 6.07) is 4.04. The average molecular weight is 272 g/mol. The summed E-state index contributed by atoms with van der Waals surface area (Å²) in [6.45, 7) is 3.72. The molecule has 1 aliphatic heterocycles. The summed E-state index contributed by atoms with van der Waals surface area (Å²) >= 11 is 0. The van der Waals surface area contributed by atoms with Crippen LogP contribution in [0.25, 0.3) is 0 Å². The molecule has 1 amide bonds. The van der Waals surface area contributed by atoms with E-state index in [2.05, 4.69) is 21.5 Å². The second-order valence-electron chi connectivity index (χ2n) is 5.24. The van der Waals surface area contributed by atoms with Crippen molar-refractivity contribution in [2.24, 2.45) is 0 Å². The first-order valence-corrected chi connectivity index (χ1v) is 7.24. The van der Waals surface area contributed by atoms with E-state index in [1.807, 2.05) is 29.4 Å². The SMILES string of the molecule is CCc1nccn1[C@@H]1CCCN(C(=O)c2ccc[nH]2)C1. The molecular weight excluding hydrogens is 252 g/mol. The molecule has 1 aliphatic rings. The highest BCUT2D eigenvalue weighted by Gasteiger charge is 2.26. The number of aromatic amines is 1. The smallest absolute Gasteiger partial charge is 0.270 e. The van der Waals surface area contributed by atoms with Gasteiger partial charge in [0.2, 0.25) is 0 Å². The van der Waals surface area contributed by atoms with Crippen molar-refractivity contribution in [2.75, 3.05) is 13.1 Å². The fourth-order valence-electron chi connectivity index (χ4n) is 2.95. The number of hydrogen-bond donors (Lipinski definition) is 1. The van der Waals surface area contributed by atoms with Crippen LogP contribution in [0.3, 0.4) is 0 Å². The maximum atomic E-state index is 12.4. The largest absolute Gasteiger partial charge is 0.357 e. The van der Waals surface area contributed by atoms with Crippen LogP contribution in [0.5, 0.6) is 0 Å². The van der Waals surface area contributed by atoms with Crippen molar-refractivity contribution in [1.29, 1.82) is 0 Å². The van der Waals surface area contributed by atoms with Gasteiger partial charge in [0.05, 0.1) is 6.04 Å². The summed E-state index contributed by atoms with van der Waals surface area (Å²) in [5, 5.41) is 0. The normalized spacial score (nSPS) is 19.2. The number of imidazole rings is 1. The molecule has 0 saturated carbocycles. The van der Waals surface area contributed by atoms with Crippen LogP contribution in [-0.4, -0.2) is 38.4 Å². The van der Waals surface area contributed by atoms with E-state index < -0.39 is 0 Å². The Hall–Kier alpha value is -2.04. The van der Waals surface area contributed by atoms with E-state index in [0.717, 1.165) is 38.2 Å². The minimum atomic E-state index is 0.0952. The summed E-state index contributed by atoms with van der Waals surface area (Å²) in [5.41, 5.74) is 0.673. The standard InChI is InChI=1S/C15H20N4O/c1-2-14-17-8-10-19(14)12-5-4-9-18(11-12)15(20)13-6-3-7-16-13/h3,6-8,10,12,16H,2,4-5,9,11H2,1H3/t12-/m1/s1. The highest BCUT2D eigenvalue weighted by molar-refractivity contribution is 5.92. The van der Waals surface area contributed by atoms with Gasteiger partial charge in [-0.15, -0.1) is 0 Å². The Balaban J connectivity index is 1.75. The molecule has 0 radical (unpaired) electrons. The van der Waals surface area contributed by atoms with Gasteiger partial charge in [-0.1, -0.05) is 6.92 Å². The van der Waals surface area contributed by atoms with E-state index in [1.165, 1.54) is 0 Å². The van der Waals surface area contributed by atoms with Gasteiger partial charge < -0.3 is 14.5 Å². The second-order valence-corrected chi connectivity index (χ2v) is 5.24. The minimum absolute atomic E-state index is 0.0952. The zero-order valence-electron chi connectivity index (χ0n) is 11.7. The Morgan fingerprint density at radius 3 is 3.20 bits per heavy atom. The molecule has 20 heavy (non-hydrogen) atoms. The van der Waals surface area contributed by atoms with Crippen molar-refractivity contribution in [3.8, 4) is 0 Å². The van der Waals surface area contributed by atoms with E-state index in [-0.39, 0.29) is 5.91 Å². The zero-order chi connectivity index (χ0) is 13.9. The Kier molecular flexibility index (Phi) is 3.58. The lowest BCUT2D eigenvalue weighted by Crippen LogP contribution is -2.41. The maximum Gasteiger partial charge on any atom is 0.270 e. The molecule has 1 N–H and O–H groups in total. The lowest BCUT2D eigenvalue weighted by molar-refractivity contribution is 0.0672. The van der Waals surface area contributed by atoms with E-state index in [9.17, 15) is 4.79 Å². The van der Waals surface area contributed by atoms with Crippen molar-refractivity contribution in [3.63, 3.8) is 0 Å². The first-order valence-electron chi connectivity index (χ1n) is 7.24. The van der Waals surface area contributed by atoms with Crippen molar-refractivity contribution in [2.45, 2.75) is 32.2 Å². The van der Waals surface area contributed by atoms with Crippen LogP contribution in [0.1, 0.15) is 42.1 Å². The van der Waals surface area contributed by atoms with Gasteiger partial charge in [-0.25, -0.2) is 4.98 Å². The number of amides is 1. The number of hydrogen-bond acceptors (Lipinski definition) is 2. The topological polar surface area (TPSA) is 53.9 Å². The molecule has 106 valence electrons. The molecule has 2 aromatic heterocycles. The number of piperidine rings is 1. The molecule has 0 bridgehead atoms. The zero-order valence-corrected chi connectivity index (χ0v) is 11.7. The monoisotopic (exact) mass is 272 g/mol. The molecule has 3 rings (SSSR count). The number of carbonyl (C=O) groups is 1. The third-order valence-corrected chi connectivity index (χ3v) is 3.97. The van der Waals surface area contributed by atoms with Crippen molar-refractivity contribution in [1.82, 2.24) is 19.4 Å². The van der Waals surface area contributed by atoms with Gasteiger partial charge >= 0.3 is 0 Å². The summed E-state index contributed by atoms with van der Waals surface area (Å²) < 4.78 is 2.23. The molecule has 0 unspecified atom stereocenters. The van der Waals surface area contributed by atoms with Gasteiger partial charge in [0.25, 0.3) is 5.91 Å². The highest BCUT2D eigenvalue weighted by atomic mass is 16.2. The molecule has 1 atom stereocenters. The van der Waals surface area contributed by atoms with Gasteiger partial charge in [0.1, 0.15) is 11.5 Å². The quantitative estimate of drug-likeness (QED) is 0.931. The second kappa shape index (κ2) is 5.53. The van der Waals surface area contributed by atoms with Crippen LogP contribution >= 0.6 is 0 Å². The Morgan fingerprint density at radius 1 is 1.55 bits per heavy atom. The van der Waals surface area contributed by atoms with Crippen molar-refractivity contribution >= 4 is 5.91 Å². The molecule has 5 nitrogen and oxygen atoms in total. The molecular formula is C15H20N4O. The number of H-pyrrole nitrogens is 1. The predicted molar refractivity (Wildman–Crippen MR) is 76.6 cm³/mol. The van der Waals surface area contributed by atoms with E-state index in [4.69, 9.17) is 0 Å². The summed E-state index contributed by atoms with van der Waals surface area (Å²) in [7, 11) is 0.